The molecule has 0 unspecified atom stereocenters. The zero-order valence-corrected chi connectivity index (χ0v) is 14.5. The van der Waals surface area contributed by atoms with E-state index in [0.29, 0.717) is 5.69 Å². The fraction of sp³-hybridized carbons (Fsp3) is 0.111. The molecule has 0 aliphatic carbocycles. The van der Waals surface area contributed by atoms with Gasteiger partial charge in [-0.1, -0.05) is 42.8 Å². The summed E-state index contributed by atoms with van der Waals surface area (Å²) in [5, 5.41) is 13.6. The predicted octanol–water partition coefficient (Wildman–Crippen LogP) is 3.59. The number of amides is 2. The van der Waals surface area contributed by atoms with Gasteiger partial charge in [0.05, 0.1) is 10.6 Å². The third-order valence-corrected chi connectivity index (χ3v) is 4.33. The second kappa shape index (κ2) is 6.97. The van der Waals surface area contributed by atoms with Gasteiger partial charge in [0.2, 0.25) is 0 Å². The number of nitrogens with zero attached hydrogens (tertiary/aromatic N) is 2. The van der Waals surface area contributed by atoms with Gasteiger partial charge in [-0.2, -0.15) is 0 Å². The summed E-state index contributed by atoms with van der Waals surface area (Å²) in [4.78, 5) is 36.4. The third kappa shape index (κ3) is 3.04. The van der Waals surface area contributed by atoms with Gasteiger partial charge < -0.3 is 5.32 Å². The van der Waals surface area contributed by atoms with Gasteiger partial charge in [-0.15, -0.1) is 0 Å². The van der Waals surface area contributed by atoms with E-state index in [4.69, 9.17) is 11.6 Å². The van der Waals surface area contributed by atoms with Crippen LogP contribution < -0.4 is 10.2 Å². The number of benzene rings is 2. The fourth-order valence-electron chi connectivity index (χ4n) is 2.68. The first-order valence-corrected chi connectivity index (χ1v) is 8.19. The number of hydrogen-bond donors (Lipinski definition) is 1. The Morgan fingerprint density at radius 1 is 1.12 bits per heavy atom. The number of nitrogens with one attached hydrogen (secondary N) is 1. The summed E-state index contributed by atoms with van der Waals surface area (Å²) in [7, 11) is 0. The summed E-state index contributed by atoms with van der Waals surface area (Å²) < 4.78 is 0. The van der Waals surface area contributed by atoms with Crippen molar-refractivity contribution in [1.29, 1.82) is 0 Å². The Kier molecular flexibility index (Phi) is 4.73. The van der Waals surface area contributed by atoms with Crippen LogP contribution in [0, 0.1) is 10.1 Å². The van der Waals surface area contributed by atoms with Crippen LogP contribution >= 0.6 is 11.6 Å². The number of nitro groups is 1. The van der Waals surface area contributed by atoms with Crippen molar-refractivity contribution in [3.8, 4) is 0 Å². The molecule has 2 aromatic rings. The van der Waals surface area contributed by atoms with Crippen molar-refractivity contribution < 1.29 is 14.5 Å². The number of carbonyl (C=O) groups excluding carboxylic acids is 2. The van der Waals surface area contributed by atoms with Gasteiger partial charge >= 0.3 is 0 Å². The molecule has 0 radical (unpaired) electrons. The lowest BCUT2D eigenvalue weighted by molar-refractivity contribution is -0.384. The number of para-hydroxylation sites is 1. The van der Waals surface area contributed by atoms with Crippen LogP contribution in [0.1, 0.15) is 12.5 Å². The minimum atomic E-state index is -0.728. The van der Waals surface area contributed by atoms with Gasteiger partial charge in [-0.25, -0.2) is 4.90 Å². The Hall–Kier alpha value is -3.19. The number of non-ortho nitro benzene ring substituents is 1. The van der Waals surface area contributed by atoms with Gasteiger partial charge in [0.25, 0.3) is 17.5 Å². The average Bonchev–Trinajstić information content (AvgIpc) is 2.85. The van der Waals surface area contributed by atoms with Crippen LogP contribution in [0.3, 0.4) is 0 Å². The molecule has 0 atom stereocenters. The molecule has 0 aromatic heterocycles. The molecule has 7 nitrogen and oxygen atoms in total. The van der Waals surface area contributed by atoms with Crippen LogP contribution in [0.15, 0.2) is 59.3 Å². The molecule has 8 heteroatoms. The number of aryl methyl sites for hydroxylation is 1. The maximum absolute atomic E-state index is 12.7. The summed E-state index contributed by atoms with van der Waals surface area (Å²) in [6, 6.07) is 12.6. The van der Waals surface area contributed by atoms with Crippen molar-refractivity contribution in [3.05, 3.63) is 74.9 Å². The van der Waals surface area contributed by atoms with E-state index < -0.39 is 16.7 Å². The fourth-order valence-corrected chi connectivity index (χ4v) is 2.89. The number of nitro benzene ring substituents is 1. The second-order valence-electron chi connectivity index (χ2n) is 5.55. The van der Waals surface area contributed by atoms with E-state index in [-0.39, 0.29) is 22.1 Å². The van der Waals surface area contributed by atoms with E-state index in [1.165, 1.54) is 18.2 Å². The second-order valence-corrected chi connectivity index (χ2v) is 5.93. The number of anilines is 2. The first-order chi connectivity index (χ1) is 12.4. The van der Waals surface area contributed by atoms with Crippen molar-refractivity contribution in [2.24, 2.45) is 0 Å². The lowest BCUT2D eigenvalue weighted by atomic mass is 10.1. The van der Waals surface area contributed by atoms with E-state index in [9.17, 15) is 19.7 Å². The number of hydrogen-bond acceptors (Lipinski definition) is 5. The summed E-state index contributed by atoms with van der Waals surface area (Å²) in [6.45, 7) is 1.97. The van der Waals surface area contributed by atoms with Crippen molar-refractivity contribution in [2.75, 3.05) is 10.2 Å². The molecule has 132 valence electrons. The Morgan fingerprint density at radius 3 is 2.54 bits per heavy atom. The summed E-state index contributed by atoms with van der Waals surface area (Å²) in [5.74, 6) is -1.39. The molecule has 3 rings (SSSR count). The lowest BCUT2D eigenvalue weighted by Crippen LogP contribution is -2.32. The smallest absolute Gasteiger partial charge is 0.283 e. The lowest BCUT2D eigenvalue weighted by Gasteiger charge is -2.15. The highest BCUT2D eigenvalue weighted by molar-refractivity contribution is 6.53. The summed E-state index contributed by atoms with van der Waals surface area (Å²) in [6.07, 6.45) is 0.727. The van der Waals surface area contributed by atoms with E-state index in [1.807, 2.05) is 19.1 Å². The minimum absolute atomic E-state index is 0.0518. The molecule has 1 N–H and O–H groups in total. The van der Waals surface area contributed by atoms with Gasteiger partial charge in [0, 0.05) is 17.8 Å². The normalized spacial score (nSPS) is 14.2. The molecular weight excluding hydrogens is 358 g/mol. The largest absolute Gasteiger partial charge is 0.349 e. The minimum Gasteiger partial charge on any atom is -0.349 e. The zero-order chi connectivity index (χ0) is 18.8. The van der Waals surface area contributed by atoms with Crippen molar-refractivity contribution >= 4 is 40.5 Å². The quantitative estimate of drug-likeness (QED) is 0.492. The highest BCUT2D eigenvalue weighted by Gasteiger charge is 2.39. The summed E-state index contributed by atoms with van der Waals surface area (Å²) >= 11 is 6.09. The molecule has 0 bridgehead atoms. The first-order valence-electron chi connectivity index (χ1n) is 7.82. The Bertz CT molecular complexity index is 955. The number of rotatable bonds is 5. The van der Waals surface area contributed by atoms with Gasteiger partial charge in [-0.3, -0.25) is 19.7 Å². The third-order valence-electron chi connectivity index (χ3n) is 3.98. The number of halogens is 1. The Labute approximate surface area is 154 Å². The molecule has 1 aliphatic rings. The van der Waals surface area contributed by atoms with Gasteiger partial charge in [-0.05, 0) is 24.1 Å². The maximum atomic E-state index is 12.7. The SMILES string of the molecule is CCc1ccccc1NC1=C(Cl)C(=O)N(c2cccc([N+](=O)[O-])c2)C1=O. The van der Waals surface area contributed by atoms with Crippen LogP contribution in [0.25, 0.3) is 0 Å². The standard InChI is InChI=1S/C18H14ClN3O4/c1-2-11-6-3-4-9-14(11)20-16-15(19)17(23)21(18(16)24)12-7-5-8-13(10-12)22(25)26/h3-10,20H,2H2,1H3. The molecule has 1 aliphatic heterocycles. The molecule has 1 heterocycles. The highest BCUT2D eigenvalue weighted by Crippen LogP contribution is 2.32. The van der Waals surface area contributed by atoms with Crippen LogP contribution in [0.2, 0.25) is 0 Å². The highest BCUT2D eigenvalue weighted by atomic mass is 35.5. The molecule has 0 fully saturated rings. The van der Waals surface area contributed by atoms with E-state index >= 15 is 0 Å². The number of imide groups is 1. The molecule has 2 aromatic carbocycles. The molecular formula is C18H14ClN3O4. The monoisotopic (exact) mass is 371 g/mol. The van der Waals surface area contributed by atoms with Crippen LogP contribution in [0.5, 0.6) is 0 Å². The molecule has 0 saturated carbocycles. The molecule has 26 heavy (non-hydrogen) atoms. The van der Waals surface area contributed by atoms with Gasteiger partial charge in [0.1, 0.15) is 10.7 Å². The molecule has 0 spiro atoms. The van der Waals surface area contributed by atoms with E-state index in [0.717, 1.165) is 23.0 Å². The average molecular weight is 372 g/mol. The van der Waals surface area contributed by atoms with Crippen LogP contribution in [0.4, 0.5) is 17.1 Å². The molecule has 0 saturated heterocycles. The Morgan fingerprint density at radius 2 is 1.85 bits per heavy atom. The maximum Gasteiger partial charge on any atom is 0.283 e. The van der Waals surface area contributed by atoms with E-state index in [1.54, 1.807) is 12.1 Å². The van der Waals surface area contributed by atoms with Crippen molar-refractivity contribution in [3.63, 3.8) is 0 Å². The molecule has 2 amide bonds. The van der Waals surface area contributed by atoms with E-state index in [2.05, 4.69) is 5.32 Å². The first kappa shape index (κ1) is 17.6. The van der Waals surface area contributed by atoms with Crippen LogP contribution in [-0.2, 0) is 16.0 Å². The number of carbonyl (C=O) groups is 2. The van der Waals surface area contributed by atoms with Crippen LogP contribution in [-0.4, -0.2) is 16.7 Å². The topological polar surface area (TPSA) is 92.6 Å². The Balaban J connectivity index is 1.95. The zero-order valence-electron chi connectivity index (χ0n) is 13.7. The summed E-state index contributed by atoms with van der Waals surface area (Å²) in [5.41, 5.74) is 1.44. The van der Waals surface area contributed by atoms with Gasteiger partial charge in [0.15, 0.2) is 0 Å². The van der Waals surface area contributed by atoms with Crippen molar-refractivity contribution in [2.45, 2.75) is 13.3 Å². The predicted molar refractivity (Wildman–Crippen MR) is 97.9 cm³/mol. The van der Waals surface area contributed by atoms with Crippen molar-refractivity contribution in [1.82, 2.24) is 0 Å².